The molecule has 1 rings (SSSR count). The first-order chi connectivity index (χ1) is 6.59. The Bertz CT molecular complexity index is 281. The molecule has 14 heavy (non-hydrogen) atoms. The van der Waals surface area contributed by atoms with Crippen LogP contribution in [0.4, 0.5) is 0 Å². The van der Waals surface area contributed by atoms with Gasteiger partial charge in [-0.2, -0.15) is 5.10 Å². The fraction of sp³-hybridized carbons (Fsp3) is 0.556. The van der Waals surface area contributed by atoms with Crippen molar-refractivity contribution in [3.63, 3.8) is 0 Å². The fourth-order valence-corrected chi connectivity index (χ4v) is 1.30. The zero-order chi connectivity index (χ0) is 10.6. The third-order valence-corrected chi connectivity index (χ3v) is 1.85. The van der Waals surface area contributed by atoms with Crippen LogP contribution in [0.1, 0.15) is 30.8 Å². The van der Waals surface area contributed by atoms with Gasteiger partial charge in [0.1, 0.15) is 5.69 Å². The first-order valence-corrected chi connectivity index (χ1v) is 4.65. The largest absolute Gasteiger partial charge is 0.348 e. The van der Waals surface area contributed by atoms with Crippen LogP contribution in [-0.4, -0.2) is 28.2 Å². The van der Waals surface area contributed by atoms with Gasteiger partial charge in [0.15, 0.2) is 0 Å². The Morgan fingerprint density at radius 1 is 1.71 bits per heavy atom. The number of nitrogens with zero attached hydrogens (tertiary/aromatic N) is 1. The maximum atomic E-state index is 11.5. The van der Waals surface area contributed by atoms with E-state index in [0.717, 1.165) is 6.42 Å². The summed E-state index contributed by atoms with van der Waals surface area (Å²) in [7, 11) is 0. The highest BCUT2D eigenvalue weighted by Gasteiger charge is 2.11. The summed E-state index contributed by atoms with van der Waals surface area (Å²) in [4.78, 5) is 11.5. The Balaban J connectivity index is 2.41. The molecule has 2 atom stereocenters. The van der Waals surface area contributed by atoms with E-state index in [4.69, 9.17) is 5.73 Å². The van der Waals surface area contributed by atoms with Gasteiger partial charge in [0.2, 0.25) is 0 Å². The molecule has 78 valence electrons. The number of rotatable bonds is 4. The summed E-state index contributed by atoms with van der Waals surface area (Å²) in [6, 6.07) is 1.80. The number of aromatic amines is 1. The lowest BCUT2D eigenvalue weighted by Gasteiger charge is -2.14. The van der Waals surface area contributed by atoms with E-state index >= 15 is 0 Å². The Morgan fingerprint density at radius 3 is 2.93 bits per heavy atom. The highest BCUT2D eigenvalue weighted by atomic mass is 16.2. The third-order valence-electron chi connectivity index (χ3n) is 1.85. The number of nitrogens with one attached hydrogen (secondary N) is 2. The zero-order valence-corrected chi connectivity index (χ0v) is 8.45. The molecule has 0 spiro atoms. The van der Waals surface area contributed by atoms with Gasteiger partial charge in [-0.15, -0.1) is 0 Å². The number of hydrogen-bond acceptors (Lipinski definition) is 3. The Labute approximate surface area is 83.1 Å². The van der Waals surface area contributed by atoms with Gasteiger partial charge in [0, 0.05) is 18.3 Å². The van der Waals surface area contributed by atoms with E-state index in [1.54, 1.807) is 12.3 Å². The van der Waals surface area contributed by atoms with Gasteiger partial charge in [-0.3, -0.25) is 9.89 Å². The van der Waals surface area contributed by atoms with E-state index in [2.05, 4.69) is 15.5 Å². The predicted octanol–water partition coefficient (Wildman–Crippen LogP) is 0.265. The van der Waals surface area contributed by atoms with Crippen molar-refractivity contribution in [3.8, 4) is 0 Å². The molecule has 1 aromatic rings. The van der Waals surface area contributed by atoms with Gasteiger partial charge < -0.3 is 11.1 Å². The number of amides is 1. The van der Waals surface area contributed by atoms with E-state index in [0.29, 0.717) is 5.69 Å². The number of carbonyl (C=O) groups excluding carboxylic acids is 1. The maximum Gasteiger partial charge on any atom is 0.269 e. The topological polar surface area (TPSA) is 83.8 Å². The molecule has 1 aromatic heterocycles. The highest BCUT2D eigenvalue weighted by Crippen LogP contribution is 1.97. The molecule has 0 aliphatic carbocycles. The van der Waals surface area contributed by atoms with Crippen LogP contribution in [0.15, 0.2) is 12.3 Å². The molecule has 0 radical (unpaired) electrons. The molecule has 0 aliphatic heterocycles. The predicted molar refractivity (Wildman–Crippen MR) is 53.8 cm³/mol. The first-order valence-electron chi connectivity index (χ1n) is 4.65. The monoisotopic (exact) mass is 196 g/mol. The smallest absolute Gasteiger partial charge is 0.269 e. The van der Waals surface area contributed by atoms with Gasteiger partial charge >= 0.3 is 0 Å². The van der Waals surface area contributed by atoms with Crippen LogP contribution in [-0.2, 0) is 0 Å². The maximum absolute atomic E-state index is 11.5. The summed E-state index contributed by atoms with van der Waals surface area (Å²) < 4.78 is 0. The Kier molecular flexibility index (Phi) is 3.64. The quantitative estimate of drug-likeness (QED) is 0.646. The molecule has 0 saturated carbocycles. The number of carbonyl (C=O) groups is 1. The van der Waals surface area contributed by atoms with Gasteiger partial charge in [0.25, 0.3) is 5.91 Å². The second-order valence-corrected chi connectivity index (χ2v) is 3.56. The molecule has 2 unspecified atom stereocenters. The summed E-state index contributed by atoms with van der Waals surface area (Å²) >= 11 is 0. The fourth-order valence-electron chi connectivity index (χ4n) is 1.30. The van der Waals surface area contributed by atoms with Gasteiger partial charge in [-0.05, 0) is 26.3 Å². The molecule has 1 heterocycles. The molecule has 5 heteroatoms. The molecule has 0 aromatic carbocycles. The number of H-pyrrole nitrogens is 1. The molecular weight excluding hydrogens is 180 g/mol. The molecule has 5 nitrogen and oxygen atoms in total. The molecule has 0 fully saturated rings. The minimum absolute atomic E-state index is 0.0748. The van der Waals surface area contributed by atoms with E-state index in [-0.39, 0.29) is 18.0 Å². The van der Waals surface area contributed by atoms with Crippen LogP contribution in [0.5, 0.6) is 0 Å². The molecule has 0 aliphatic rings. The SMILES string of the molecule is CC(N)CC(C)NC(=O)c1ccn[nH]1. The molecule has 0 saturated heterocycles. The molecule has 0 bridgehead atoms. The standard InChI is InChI=1S/C9H16N4O/c1-6(10)5-7(2)12-9(14)8-3-4-11-13-8/h3-4,6-7H,5,10H2,1-2H3,(H,11,13)(H,12,14). The van der Waals surface area contributed by atoms with Gasteiger partial charge in [-0.25, -0.2) is 0 Å². The van der Waals surface area contributed by atoms with Crippen LogP contribution in [0.3, 0.4) is 0 Å². The number of hydrogen-bond donors (Lipinski definition) is 3. The second-order valence-electron chi connectivity index (χ2n) is 3.56. The van der Waals surface area contributed by atoms with Crippen molar-refractivity contribution in [2.24, 2.45) is 5.73 Å². The van der Waals surface area contributed by atoms with Crippen molar-refractivity contribution in [2.75, 3.05) is 0 Å². The molecular formula is C9H16N4O. The molecule has 1 amide bonds. The van der Waals surface area contributed by atoms with Crippen LogP contribution < -0.4 is 11.1 Å². The van der Waals surface area contributed by atoms with E-state index in [1.165, 1.54) is 0 Å². The normalized spacial score (nSPS) is 14.8. The van der Waals surface area contributed by atoms with Crippen LogP contribution >= 0.6 is 0 Å². The Morgan fingerprint density at radius 2 is 2.43 bits per heavy atom. The Hall–Kier alpha value is -1.36. The van der Waals surface area contributed by atoms with Crippen molar-refractivity contribution < 1.29 is 4.79 Å². The van der Waals surface area contributed by atoms with Gasteiger partial charge in [0.05, 0.1) is 0 Å². The summed E-state index contributed by atoms with van der Waals surface area (Å²) in [5, 5.41) is 9.13. The average Bonchev–Trinajstić information content (AvgIpc) is 2.53. The minimum atomic E-state index is -0.143. The van der Waals surface area contributed by atoms with Crippen LogP contribution in [0.2, 0.25) is 0 Å². The van der Waals surface area contributed by atoms with E-state index < -0.39 is 0 Å². The van der Waals surface area contributed by atoms with Gasteiger partial charge in [-0.1, -0.05) is 0 Å². The summed E-state index contributed by atoms with van der Waals surface area (Å²) in [6.45, 7) is 3.84. The summed E-state index contributed by atoms with van der Waals surface area (Å²) in [5.74, 6) is -0.143. The lowest BCUT2D eigenvalue weighted by molar-refractivity contribution is 0.0932. The summed E-state index contributed by atoms with van der Waals surface area (Å²) in [5.41, 5.74) is 6.09. The lowest BCUT2D eigenvalue weighted by Crippen LogP contribution is -2.36. The van der Waals surface area contributed by atoms with Crippen molar-refractivity contribution in [1.82, 2.24) is 15.5 Å². The lowest BCUT2D eigenvalue weighted by atomic mass is 10.1. The second kappa shape index (κ2) is 4.76. The first kappa shape index (κ1) is 10.7. The molecule has 4 N–H and O–H groups in total. The highest BCUT2D eigenvalue weighted by molar-refractivity contribution is 5.92. The summed E-state index contributed by atoms with van der Waals surface area (Å²) in [6.07, 6.45) is 2.31. The van der Waals surface area contributed by atoms with E-state index in [9.17, 15) is 4.79 Å². The van der Waals surface area contributed by atoms with Crippen molar-refractivity contribution in [3.05, 3.63) is 18.0 Å². The van der Waals surface area contributed by atoms with Crippen molar-refractivity contribution >= 4 is 5.91 Å². The third kappa shape index (κ3) is 3.18. The van der Waals surface area contributed by atoms with E-state index in [1.807, 2.05) is 13.8 Å². The van der Waals surface area contributed by atoms with Crippen LogP contribution in [0, 0.1) is 0 Å². The minimum Gasteiger partial charge on any atom is -0.348 e. The number of nitrogens with two attached hydrogens (primary N) is 1. The van der Waals surface area contributed by atoms with Crippen molar-refractivity contribution in [1.29, 1.82) is 0 Å². The average molecular weight is 196 g/mol. The zero-order valence-electron chi connectivity index (χ0n) is 8.45. The number of aromatic nitrogens is 2. The van der Waals surface area contributed by atoms with Crippen LogP contribution in [0.25, 0.3) is 0 Å². The van der Waals surface area contributed by atoms with Crippen molar-refractivity contribution in [2.45, 2.75) is 32.4 Å².